The largest absolute Gasteiger partial charge is 0.358 e. The van der Waals surface area contributed by atoms with Crippen LogP contribution in [0.1, 0.15) is 47.8 Å². The molecule has 166 valence electrons. The summed E-state index contributed by atoms with van der Waals surface area (Å²) in [5.74, 6) is 0.845. The molecule has 2 heterocycles. The van der Waals surface area contributed by atoms with Crippen molar-refractivity contribution in [2.45, 2.75) is 43.9 Å². The van der Waals surface area contributed by atoms with E-state index in [-0.39, 0.29) is 10.8 Å². The summed E-state index contributed by atoms with van der Waals surface area (Å²) in [6.07, 6.45) is 4.70. The molecule has 0 saturated heterocycles. The van der Waals surface area contributed by atoms with Gasteiger partial charge in [-0.25, -0.2) is 8.42 Å². The highest BCUT2D eigenvalue weighted by Gasteiger charge is 2.21. The van der Waals surface area contributed by atoms with Crippen LogP contribution in [0, 0.1) is 5.92 Å². The fourth-order valence-electron chi connectivity index (χ4n) is 4.51. The molecule has 1 aromatic heterocycles. The van der Waals surface area contributed by atoms with Crippen LogP contribution in [0.5, 0.6) is 0 Å². The van der Waals surface area contributed by atoms with Crippen molar-refractivity contribution in [1.29, 1.82) is 0 Å². The number of carbonyl (C=O) groups is 1. The molecule has 1 amide bonds. The van der Waals surface area contributed by atoms with E-state index in [1.165, 1.54) is 29.8 Å². The number of rotatable bonds is 4. The van der Waals surface area contributed by atoms with E-state index in [2.05, 4.69) is 26.9 Å². The summed E-state index contributed by atoms with van der Waals surface area (Å²) >= 11 is 0. The Balaban J connectivity index is 1.38. The Hall–Kier alpha value is -3.13. The molecule has 0 radical (unpaired) electrons. The number of fused-ring (bicyclic) bond motifs is 3. The topological polar surface area (TPSA) is 103 Å². The van der Waals surface area contributed by atoms with Crippen molar-refractivity contribution in [1.82, 2.24) is 9.71 Å². The number of nitrogens with zero attached hydrogens (tertiary/aromatic N) is 1. The number of aliphatic imine (C=N–C) groups is 1. The molecule has 2 aliphatic rings. The van der Waals surface area contributed by atoms with Gasteiger partial charge in [0.2, 0.25) is 0 Å². The number of anilines is 1. The van der Waals surface area contributed by atoms with E-state index in [0.29, 0.717) is 36.0 Å². The third-order valence-electron chi connectivity index (χ3n) is 6.23. The number of aromatic nitrogens is 1. The van der Waals surface area contributed by atoms with Gasteiger partial charge < -0.3 is 10.3 Å². The van der Waals surface area contributed by atoms with Crippen molar-refractivity contribution in [3.63, 3.8) is 0 Å². The van der Waals surface area contributed by atoms with Gasteiger partial charge in [-0.15, -0.1) is 0 Å². The van der Waals surface area contributed by atoms with Crippen LogP contribution in [0.2, 0.25) is 0 Å². The molecule has 32 heavy (non-hydrogen) atoms. The van der Waals surface area contributed by atoms with Crippen LogP contribution in [0.25, 0.3) is 10.9 Å². The quantitative estimate of drug-likeness (QED) is 0.559. The molecule has 3 aromatic rings. The summed E-state index contributed by atoms with van der Waals surface area (Å²) in [6, 6.07) is 11.9. The first kappa shape index (κ1) is 20.8. The minimum absolute atomic E-state index is 0.0917. The second-order valence-electron chi connectivity index (χ2n) is 8.71. The van der Waals surface area contributed by atoms with Crippen molar-refractivity contribution in [2.24, 2.45) is 10.9 Å². The zero-order valence-electron chi connectivity index (χ0n) is 17.9. The first-order valence-electron chi connectivity index (χ1n) is 11.0. The summed E-state index contributed by atoms with van der Waals surface area (Å²) in [5, 5.41) is 3.93. The molecule has 8 heteroatoms. The predicted octanol–water partition coefficient (Wildman–Crippen LogP) is 4.02. The van der Waals surface area contributed by atoms with Crippen LogP contribution in [0.15, 0.2) is 52.4 Å². The third kappa shape index (κ3) is 4.02. The third-order valence-corrected chi connectivity index (χ3v) is 7.60. The Morgan fingerprint density at radius 3 is 2.84 bits per heavy atom. The molecule has 0 fully saturated rings. The van der Waals surface area contributed by atoms with Gasteiger partial charge >= 0.3 is 0 Å². The van der Waals surface area contributed by atoms with Gasteiger partial charge in [0.15, 0.2) is 0 Å². The summed E-state index contributed by atoms with van der Waals surface area (Å²) in [6.45, 7) is 2.90. The van der Waals surface area contributed by atoms with Gasteiger partial charge in [-0.3, -0.25) is 14.5 Å². The molecule has 1 aliphatic heterocycles. The van der Waals surface area contributed by atoms with Crippen molar-refractivity contribution < 1.29 is 13.2 Å². The summed E-state index contributed by atoms with van der Waals surface area (Å²) in [5.41, 5.74) is 4.60. The number of hydrogen-bond acceptors (Lipinski definition) is 4. The van der Waals surface area contributed by atoms with Gasteiger partial charge in [-0.1, -0.05) is 13.0 Å². The monoisotopic (exact) mass is 450 g/mol. The second kappa shape index (κ2) is 8.09. The maximum Gasteiger partial charge on any atom is 0.262 e. The van der Waals surface area contributed by atoms with Gasteiger partial charge in [0.1, 0.15) is 5.84 Å². The molecule has 0 unspecified atom stereocenters. The number of H-pyrrole nitrogens is 1. The standard InChI is InChI=1S/C24H26N4O3S/c1-15-7-9-21-19(12-15)20-13-16(8-10-22(20)27-21)24(29)26-17-4-2-5-18(14-17)32(30,31)28-23-6-3-11-25-23/h2,4-5,8,10,13-15,27H,3,6-7,9,11-12H2,1H3,(H,25,28)(H,26,29)/t15-/m0/s1. The lowest BCUT2D eigenvalue weighted by molar-refractivity contribution is 0.102. The van der Waals surface area contributed by atoms with Crippen LogP contribution >= 0.6 is 0 Å². The molecule has 0 bridgehead atoms. The van der Waals surface area contributed by atoms with Crippen molar-refractivity contribution in [3.8, 4) is 0 Å². The van der Waals surface area contributed by atoms with Crippen LogP contribution in [-0.2, 0) is 22.9 Å². The molecule has 0 saturated carbocycles. The lowest BCUT2D eigenvalue weighted by Crippen LogP contribution is -2.29. The minimum Gasteiger partial charge on any atom is -0.358 e. The van der Waals surface area contributed by atoms with Crippen molar-refractivity contribution >= 4 is 38.4 Å². The van der Waals surface area contributed by atoms with E-state index in [1.54, 1.807) is 18.2 Å². The summed E-state index contributed by atoms with van der Waals surface area (Å²) < 4.78 is 27.9. The second-order valence-corrected chi connectivity index (χ2v) is 10.4. The number of aromatic amines is 1. The maximum atomic E-state index is 12.9. The number of nitrogens with one attached hydrogen (secondary N) is 3. The first-order valence-corrected chi connectivity index (χ1v) is 12.5. The van der Waals surface area contributed by atoms with Crippen molar-refractivity contribution in [3.05, 3.63) is 59.3 Å². The normalized spacial score (nSPS) is 18.3. The Labute approximate surface area is 187 Å². The van der Waals surface area contributed by atoms with Crippen LogP contribution in [0.4, 0.5) is 5.69 Å². The Bertz CT molecular complexity index is 1340. The minimum atomic E-state index is -3.74. The SMILES string of the molecule is C[C@H]1CCc2[nH]c3ccc(C(=O)Nc4cccc(S(=O)(=O)NC5=NCCC5)c4)cc3c2C1. The van der Waals surface area contributed by atoms with Crippen molar-refractivity contribution in [2.75, 3.05) is 11.9 Å². The average molecular weight is 451 g/mol. The Morgan fingerprint density at radius 1 is 1.16 bits per heavy atom. The smallest absolute Gasteiger partial charge is 0.262 e. The lowest BCUT2D eigenvalue weighted by atomic mass is 9.87. The van der Waals surface area contributed by atoms with E-state index in [0.717, 1.165) is 30.2 Å². The number of amidine groups is 1. The summed E-state index contributed by atoms with van der Waals surface area (Å²) in [4.78, 5) is 20.7. The number of aryl methyl sites for hydroxylation is 1. The molecule has 5 rings (SSSR count). The summed E-state index contributed by atoms with van der Waals surface area (Å²) in [7, 11) is -3.74. The number of benzene rings is 2. The Morgan fingerprint density at radius 2 is 2.03 bits per heavy atom. The van der Waals surface area contributed by atoms with E-state index < -0.39 is 10.0 Å². The molecule has 1 aliphatic carbocycles. The van der Waals surface area contributed by atoms with Gasteiger partial charge in [0, 0.05) is 40.8 Å². The van der Waals surface area contributed by atoms with E-state index >= 15 is 0 Å². The molecular weight excluding hydrogens is 424 g/mol. The van der Waals surface area contributed by atoms with Crippen LogP contribution in [-0.4, -0.2) is 31.7 Å². The molecule has 7 nitrogen and oxygen atoms in total. The molecule has 2 aromatic carbocycles. The number of hydrogen-bond donors (Lipinski definition) is 3. The van der Waals surface area contributed by atoms with E-state index in [1.807, 2.05) is 12.1 Å². The highest BCUT2D eigenvalue weighted by Crippen LogP contribution is 2.32. The number of carbonyl (C=O) groups excluding carboxylic acids is 1. The maximum absolute atomic E-state index is 12.9. The first-order chi connectivity index (χ1) is 15.4. The van der Waals surface area contributed by atoms with Gasteiger partial charge in [-0.2, -0.15) is 0 Å². The molecule has 1 atom stereocenters. The number of amides is 1. The van der Waals surface area contributed by atoms with E-state index in [4.69, 9.17) is 0 Å². The number of sulfonamides is 1. The fourth-order valence-corrected chi connectivity index (χ4v) is 5.65. The molecule has 3 N–H and O–H groups in total. The van der Waals surface area contributed by atoms with Gasteiger partial charge in [0.25, 0.3) is 15.9 Å². The highest BCUT2D eigenvalue weighted by atomic mass is 32.2. The predicted molar refractivity (Wildman–Crippen MR) is 126 cm³/mol. The van der Waals surface area contributed by atoms with Gasteiger partial charge in [0.05, 0.1) is 4.90 Å². The average Bonchev–Trinajstić information content (AvgIpc) is 3.40. The Kier molecular flexibility index (Phi) is 5.25. The molecule has 0 spiro atoms. The molecular formula is C24H26N4O3S. The fraction of sp³-hybridized carbons (Fsp3) is 0.333. The lowest BCUT2D eigenvalue weighted by Gasteiger charge is -2.18. The van der Waals surface area contributed by atoms with Crippen LogP contribution in [0.3, 0.4) is 0 Å². The van der Waals surface area contributed by atoms with Crippen LogP contribution < -0.4 is 10.0 Å². The zero-order chi connectivity index (χ0) is 22.3. The van der Waals surface area contributed by atoms with E-state index in [9.17, 15) is 13.2 Å². The highest BCUT2D eigenvalue weighted by molar-refractivity contribution is 7.90. The van der Waals surface area contributed by atoms with Gasteiger partial charge in [-0.05, 0) is 73.6 Å². The zero-order valence-corrected chi connectivity index (χ0v) is 18.8.